The zero-order chi connectivity index (χ0) is 18.7. The maximum atomic E-state index is 12.9. The molecule has 0 spiro atoms. The highest BCUT2D eigenvalue weighted by Gasteiger charge is 2.32. The normalized spacial score (nSPS) is 14.8. The van der Waals surface area contributed by atoms with Crippen LogP contribution in [0.4, 0.5) is 5.69 Å². The molecule has 0 aromatic heterocycles. The molecule has 1 amide bonds. The quantitative estimate of drug-likeness (QED) is 0.806. The van der Waals surface area contributed by atoms with Crippen molar-refractivity contribution in [1.29, 1.82) is 0 Å². The Morgan fingerprint density at radius 3 is 2.50 bits per heavy atom. The van der Waals surface area contributed by atoms with Gasteiger partial charge in [0.2, 0.25) is 0 Å². The van der Waals surface area contributed by atoms with E-state index in [-0.39, 0.29) is 12.5 Å². The van der Waals surface area contributed by atoms with E-state index in [0.29, 0.717) is 23.8 Å². The number of aliphatic carboxylic acids is 1. The van der Waals surface area contributed by atoms with Gasteiger partial charge in [0.1, 0.15) is 5.75 Å². The minimum atomic E-state index is -1.02. The molecule has 5 heteroatoms. The maximum absolute atomic E-state index is 12.9. The smallest absolute Gasteiger partial charge is 0.341 e. The van der Waals surface area contributed by atoms with Gasteiger partial charge in [0.05, 0.1) is 5.69 Å². The average Bonchev–Trinajstić information content (AvgIpc) is 2.87. The number of carbonyl (C=O) groups excluding carboxylic acids is 1. The van der Waals surface area contributed by atoms with E-state index in [2.05, 4.69) is 13.8 Å². The van der Waals surface area contributed by atoms with Gasteiger partial charge in [-0.15, -0.1) is 0 Å². The molecule has 0 atom stereocenters. The molecule has 5 nitrogen and oxygen atoms in total. The minimum Gasteiger partial charge on any atom is -0.482 e. The van der Waals surface area contributed by atoms with Gasteiger partial charge in [0.25, 0.3) is 5.91 Å². The second-order valence-electron chi connectivity index (χ2n) is 6.64. The SMILES string of the molecule is CC(C)CN1C(=O)/C(=C\c2ccc(OCC(=O)O)cc2)c2ccccc21. The monoisotopic (exact) mass is 351 g/mol. The van der Waals surface area contributed by atoms with Crippen LogP contribution in [0.15, 0.2) is 48.5 Å². The zero-order valence-corrected chi connectivity index (χ0v) is 14.8. The first-order chi connectivity index (χ1) is 12.5. The fourth-order valence-electron chi connectivity index (χ4n) is 2.96. The van der Waals surface area contributed by atoms with Gasteiger partial charge in [-0.25, -0.2) is 4.79 Å². The summed E-state index contributed by atoms with van der Waals surface area (Å²) in [5, 5.41) is 8.65. The van der Waals surface area contributed by atoms with Crippen LogP contribution in [0.25, 0.3) is 11.6 Å². The first-order valence-electron chi connectivity index (χ1n) is 8.53. The van der Waals surface area contributed by atoms with Crippen molar-refractivity contribution in [2.24, 2.45) is 5.92 Å². The Morgan fingerprint density at radius 2 is 1.85 bits per heavy atom. The van der Waals surface area contributed by atoms with Crippen molar-refractivity contribution in [3.8, 4) is 5.75 Å². The van der Waals surface area contributed by atoms with Crippen LogP contribution in [0.3, 0.4) is 0 Å². The van der Waals surface area contributed by atoms with Gasteiger partial charge in [-0.3, -0.25) is 4.79 Å². The molecule has 2 aromatic carbocycles. The molecular formula is C21H21NO4. The van der Waals surface area contributed by atoms with E-state index in [4.69, 9.17) is 9.84 Å². The van der Waals surface area contributed by atoms with Crippen molar-refractivity contribution >= 4 is 29.2 Å². The van der Waals surface area contributed by atoms with Crippen LogP contribution in [0.5, 0.6) is 5.75 Å². The Kier molecular flexibility index (Phi) is 5.07. The predicted molar refractivity (Wildman–Crippen MR) is 101 cm³/mol. The van der Waals surface area contributed by atoms with Crippen LogP contribution in [0.1, 0.15) is 25.0 Å². The highest BCUT2D eigenvalue weighted by atomic mass is 16.5. The number of rotatable bonds is 6. The molecule has 0 radical (unpaired) electrons. The highest BCUT2D eigenvalue weighted by molar-refractivity contribution is 6.35. The Balaban J connectivity index is 1.88. The van der Waals surface area contributed by atoms with Gasteiger partial charge in [-0.1, -0.05) is 44.2 Å². The Labute approximate surface area is 152 Å². The number of hydrogen-bond donors (Lipinski definition) is 1. The lowest BCUT2D eigenvalue weighted by molar-refractivity contribution is -0.139. The largest absolute Gasteiger partial charge is 0.482 e. The van der Waals surface area contributed by atoms with Crippen molar-refractivity contribution in [3.05, 3.63) is 59.7 Å². The van der Waals surface area contributed by atoms with E-state index in [9.17, 15) is 9.59 Å². The number of ether oxygens (including phenoxy) is 1. The fraction of sp³-hybridized carbons (Fsp3) is 0.238. The Morgan fingerprint density at radius 1 is 1.15 bits per heavy atom. The van der Waals surface area contributed by atoms with Gasteiger partial charge in [0, 0.05) is 17.7 Å². The zero-order valence-electron chi connectivity index (χ0n) is 14.8. The molecule has 0 saturated carbocycles. The summed E-state index contributed by atoms with van der Waals surface area (Å²) in [4.78, 5) is 25.3. The predicted octanol–water partition coefficient (Wildman–Crippen LogP) is 3.69. The highest BCUT2D eigenvalue weighted by Crippen LogP contribution is 2.38. The molecule has 0 aliphatic carbocycles. The van der Waals surface area contributed by atoms with Crippen molar-refractivity contribution in [2.45, 2.75) is 13.8 Å². The van der Waals surface area contributed by atoms with E-state index < -0.39 is 5.97 Å². The summed E-state index contributed by atoms with van der Waals surface area (Å²) in [5.74, 6) is -0.160. The summed E-state index contributed by atoms with van der Waals surface area (Å²) in [5.41, 5.74) is 3.40. The summed E-state index contributed by atoms with van der Waals surface area (Å²) in [6.45, 7) is 4.48. The molecular weight excluding hydrogens is 330 g/mol. The molecule has 1 aliphatic heterocycles. The number of carbonyl (C=O) groups is 2. The third-order valence-electron chi connectivity index (χ3n) is 4.06. The summed E-state index contributed by atoms with van der Waals surface area (Å²) in [6.07, 6.45) is 1.86. The van der Waals surface area contributed by atoms with Crippen LogP contribution in [0.2, 0.25) is 0 Å². The van der Waals surface area contributed by atoms with Crippen molar-refractivity contribution in [1.82, 2.24) is 0 Å². The van der Waals surface area contributed by atoms with Crippen molar-refractivity contribution < 1.29 is 19.4 Å². The number of hydrogen-bond acceptors (Lipinski definition) is 3. The molecule has 0 bridgehead atoms. The van der Waals surface area contributed by atoms with E-state index in [1.54, 1.807) is 12.1 Å². The molecule has 2 aromatic rings. The Bertz CT molecular complexity index is 853. The number of nitrogens with zero attached hydrogens (tertiary/aromatic N) is 1. The molecule has 1 aliphatic rings. The summed E-state index contributed by atoms with van der Waals surface area (Å²) >= 11 is 0. The van der Waals surface area contributed by atoms with Gasteiger partial charge in [0.15, 0.2) is 6.61 Å². The second kappa shape index (κ2) is 7.44. The van der Waals surface area contributed by atoms with E-state index in [0.717, 1.165) is 16.8 Å². The summed E-state index contributed by atoms with van der Waals surface area (Å²) in [7, 11) is 0. The molecule has 3 rings (SSSR count). The van der Waals surface area contributed by atoms with Gasteiger partial charge < -0.3 is 14.7 Å². The molecule has 1 N–H and O–H groups in total. The molecule has 0 fully saturated rings. The lowest BCUT2D eigenvalue weighted by Gasteiger charge is -2.19. The standard InChI is InChI=1S/C21H21NO4/c1-14(2)12-22-19-6-4-3-5-17(19)18(21(22)25)11-15-7-9-16(10-8-15)26-13-20(23)24/h3-11,14H,12-13H2,1-2H3,(H,23,24)/b18-11-. The lowest BCUT2D eigenvalue weighted by atomic mass is 10.0. The van der Waals surface area contributed by atoms with Crippen LogP contribution in [0, 0.1) is 5.92 Å². The van der Waals surface area contributed by atoms with E-state index >= 15 is 0 Å². The van der Waals surface area contributed by atoms with Crippen LogP contribution >= 0.6 is 0 Å². The number of amides is 1. The van der Waals surface area contributed by atoms with E-state index in [1.165, 1.54) is 0 Å². The minimum absolute atomic E-state index is 0.00565. The number of carboxylic acids is 1. The summed E-state index contributed by atoms with van der Waals surface area (Å²) < 4.78 is 5.14. The maximum Gasteiger partial charge on any atom is 0.341 e. The number of fused-ring (bicyclic) bond motifs is 1. The molecule has 1 heterocycles. The average molecular weight is 351 g/mol. The number of anilines is 1. The second-order valence-corrected chi connectivity index (χ2v) is 6.64. The van der Waals surface area contributed by atoms with Crippen LogP contribution < -0.4 is 9.64 Å². The summed E-state index contributed by atoms with van der Waals surface area (Å²) in [6, 6.07) is 14.8. The van der Waals surface area contributed by atoms with Crippen LogP contribution in [-0.4, -0.2) is 30.1 Å². The van der Waals surface area contributed by atoms with Crippen molar-refractivity contribution in [2.75, 3.05) is 18.1 Å². The molecule has 0 saturated heterocycles. The Hall–Kier alpha value is -3.08. The van der Waals surface area contributed by atoms with Crippen molar-refractivity contribution in [3.63, 3.8) is 0 Å². The topological polar surface area (TPSA) is 66.8 Å². The number of carboxylic acid groups (broad SMARTS) is 1. The van der Waals surface area contributed by atoms with Crippen LogP contribution in [-0.2, 0) is 9.59 Å². The van der Waals surface area contributed by atoms with Gasteiger partial charge >= 0.3 is 5.97 Å². The molecule has 134 valence electrons. The van der Waals surface area contributed by atoms with E-state index in [1.807, 2.05) is 47.4 Å². The lowest BCUT2D eigenvalue weighted by Crippen LogP contribution is -2.30. The number of para-hydroxylation sites is 1. The third-order valence-corrected chi connectivity index (χ3v) is 4.06. The van der Waals surface area contributed by atoms with Gasteiger partial charge in [-0.2, -0.15) is 0 Å². The third kappa shape index (κ3) is 3.77. The molecule has 0 unspecified atom stereocenters. The first-order valence-corrected chi connectivity index (χ1v) is 8.53. The number of benzene rings is 2. The first kappa shape index (κ1) is 17.7. The molecule has 26 heavy (non-hydrogen) atoms. The fourth-order valence-corrected chi connectivity index (χ4v) is 2.96. The van der Waals surface area contributed by atoms with Gasteiger partial charge in [-0.05, 0) is 35.8 Å².